The summed E-state index contributed by atoms with van der Waals surface area (Å²) in [7, 11) is 0. The van der Waals surface area contributed by atoms with E-state index in [4.69, 9.17) is 17.1 Å². The molecule has 0 aliphatic heterocycles. The predicted molar refractivity (Wildman–Crippen MR) is 50.4 cm³/mol. The fraction of sp³-hybridized carbons (Fsp3) is 0.250. The number of aliphatic hydroxyl groups excluding tert-OH is 1. The molecule has 1 aromatic carbocycles. The van der Waals surface area contributed by atoms with Crippen LogP contribution in [0.5, 0.6) is 0 Å². The molecule has 0 spiro atoms. The van der Waals surface area contributed by atoms with Gasteiger partial charge in [-0.25, -0.2) is 0 Å². The lowest BCUT2D eigenvalue weighted by Gasteiger charge is -2.06. The van der Waals surface area contributed by atoms with Gasteiger partial charge in [-0.3, -0.25) is 0 Å². The van der Waals surface area contributed by atoms with Crippen molar-refractivity contribution in [3.8, 4) is 0 Å². The monoisotopic (exact) mass is 197 g/mol. The Bertz CT molecular complexity index is 336. The van der Waals surface area contributed by atoms with E-state index >= 15 is 0 Å². The number of hydrogen-bond donors (Lipinski definition) is 1. The Balaban J connectivity index is 2.76. The first kappa shape index (κ1) is 9.86. The molecule has 1 aromatic rings. The molecule has 0 aliphatic carbocycles. The summed E-state index contributed by atoms with van der Waals surface area (Å²) in [6, 6.07) is 6.81. The zero-order valence-corrected chi connectivity index (χ0v) is 7.52. The van der Waals surface area contributed by atoms with E-state index in [1.54, 1.807) is 24.3 Å². The van der Waals surface area contributed by atoms with Gasteiger partial charge in [-0.15, -0.1) is 0 Å². The van der Waals surface area contributed by atoms with Gasteiger partial charge >= 0.3 is 0 Å². The van der Waals surface area contributed by atoms with Crippen molar-refractivity contribution in [1.29, 1.82) is 0 Å². The molecule has 1 unspecified atom stereocenters. The average Bonchev–Trinajstić information content (AvgIpc) is 2.14. The molecule has 0 aromatic heterocycles. The van der Waals surface area contributed by atoms with Crippen molar-refractivity contribution in [3.05, 3.63) is 45.3 Å². The summed E-state index contributed by atoms with van der Waals surface area (Å²) < 4.78 is 0. The van der Waals surface area contributed by atoms with E-state index in [1.165, 1.54) is 0 Å². The fourth-order valence-corrected chi connectivity index (χ4v) is 1.13. The lowest BCUT2D eigenvalue weighted by atomic mass is 10.1. The number of aliphatic hydroxyl groups is 1. The summed E-state index contributed by atoms with van der Waals surface area (Å²) in [5.74, 6) is 0. The Morgan fingerprint density at radius 1 is 1.62 bits per heavy atom. The van der Waals surface area contributed by atoms with Crippen LogP contribution < -0.4 is 0 Å². The minimum absolute atomic E-state index is 0.0246. The van der Waals surface area contributed by atoms with Gasteiger partial charge in [0.05, 0.1) is 12.6 Å². The number of halogens is 1. The fourth-order valence-electron chi connectivity index (χ4n) is 0.933. The van der Waals surface area contributed by atoms with Crippen LogP contribution in [0.3, 0.4) is 0 Å². The third kappa shape index (κ3) is 2.95. The van der Waals surface area contributed by atoms with E-state index in [9.17, 15) is 5.11 Å². The van der Waals surface area contributed by atoms with Crippen LogP contribution in [0, 0.1) is 0 Å². The summed E-state index contributed by atoms with van der Waals surface area (Å²) in [4.78, 5) is 2.56. The van der Waals surface area contributed by atoms with Crippen molar-refractivity contribution >= 4 is 11.6 Å². The molecule has 1 atom stereocenters. The Morgan fingerprint density at radius 2 is 2.38 bits per heavy atom. The van der Waals surface area contributed by atoms with Crippen LogP contribution in [0.15, 0.2) is 29.4 Å². The molecule has 0 saturated carbocycles. The smallest absolute Gasteiger partial charge is 0.0846 e. The second-order valence-electron chi connectivity index (χ2n) is 2.48. The third-order valence-corrected chi connectivity index (χ3v) is 1.79. The topological polar surface area (TPSA) is 69.0 Å². The first-order valence-electron chi connectivity index (χ1n) is 3.68. The summed E-state index contributed by atoms with van der Waals surface area (Å²) >= 11 is 5.71. The van der Waals surface area contributed by atoms with Gasteiger partial charge in [0.25, 0.3) is 0 Å². The summed E-state index contributed by atoms with van der Waals surface area (Å²) in [5.41, 5.74) is 8.69. The summed E-state index contributed by atoms with van der Waals surface area (Å²) in [6.45, 7) is 0.0246. The zero-order chi connectivity index (χ0) is 9.68. The van der Waals surface area contributed by atoms with Crippen molar-refractivity contribution in [3.63, 3.8) is 0 Å². The van der Waals surface area contributed by atoms with Crippen molar-refractivity contribution in [2.24, 2.45) is 5.11 Å². The predicted octanol–water partition coefficient (Wildman–Crippen LogP) is 2.68. The van der Waals surface area contributed by atoms with Gasteiger partial charge < -0.3 is 5.11 Å². The van der Waals surface area contributed by atoms with Crippen LogP contribution in [-0.2, 0) is 0 Å². The molecule has 68 valence electrons. The molecular formula is C8H8ClN3O. The Kier molecular flexibility index (Phi) is 3.58. The minimum atomic E-state index is -0.783. The standard InChI is InChI=1S/C8H8ClN3O/c9-7-3-1-2-6(4-7)8(13)5-11-12-10/h1-4,8,13H,5H2. The van der Waals surface area contributed by atoms with Crippen molar-refractivity contribution in [1.82, 2.24) is 0 Å². The second-order valence-corrected chi connectivity index (χ2v) is 2.92. The minimum Gasteiger partial charge on any atom is -0.388 e. The molecular weight excluding hydrogens is 190 g/mol. The van der Waals surface area contributed by atoms with Gasteiger partial charge in [-0.1, -0.05) is 28.8 Å². The molecule has 0 heterocycles. The maximum atomic E-state index is 9.45. The van der Waals surface area contributed by atoms with Gasteiger partial charge in [0.2, 0.25) is 0 Å². The van der Waals surface area contributed by atoms with Crippen LogP contribution in [-0.4, -0.2) is 11.7 Å². The van der Waals surface area contributed by atoms with Gasteiger partial charge in [-0.2, -0.15) is 0 Å². The van der Waals surface area contributed by atoms with E-state index in [2.05, 4.69) is 10.0 Å². The Hall–Kier alpha value is -1.22. The third-order valence-electron chi connectivity index (χ3n) is 1.55. The van der Waals surface area contributed by atoms with Gasteiger partial charge in [0.15, 0.2) is 0 Å². The van der Waals surface area contributed by atoms with Crippen LogP contribution in [0.2, 0.25) is 5.02 Å². The first-order valence-corrected chi connectivity index (χ1v) is 4.06. The van der Waals surface area contributed by atoms with E-state index < -0.39 is 6.10 Å². The number of hydrogen-bond acceptors (Lipinski definition) is 2. The molecule has 1 rings (SSSR count). The van der Waals surface area contributed by atoms with Crippen LogP contribution in [0.25, 0.3) is 10.4 Å². The molecule has 0 aliphatic rings. The van der Waals surface area contributed by atoms with Crippen molar-refractivity contribution < 1.29 is 5.11 Å². The summed E-state index contributed by atoms with van der Waals surface area (Å²) in [5, 5.41) is 13.3. The van der Waals surface area contributed by atoms with Crippen molar-refractivity contribution in [2.45, 2.75) is 6.10 Å². The lowest BCUT2D eigenvalue weighted by molar-refractivity contribution is 0.187. The number of nitrogens with zero attached hydrogens (tertiary/aromatic N) is 3. The second kappa shape index (κ2) is 4.72. The van der Waals surface area contributed by atoms with E-state index in [0.717, 1.165) is 0 Å². The molecule has 5 heteroatoms. The van der Waals surface area contributed by atoms with Gasteiger partial charge in [0.1, 0.15) is 0 Å². The number of rotatable bonds is 3. The SMILES string of the molecule is [N-]=[N+]=NCC(O)c1cccc(Cl)c1. The average molecular weight is 198 g/mol. The van der Waals surface area contributed by atoms with E-state index in [1.807, 2.05) is 0 Å². The van der Waals surface area contributed by atoms with Gasteiger partial charge in [-0.05, 0) is 23.2 Å². The molecule has 0 amide bonds. The maximum Gasteiger partial charge on any atom is 0.0846 e. The molecule has 0 bridgehead atoms. The molecule has 13 heavy (non-hydrogen) atoms. The van der Waals surface area contributed by atoms with Crippen LogP contribution in [0.4, 0.5) is 0 Å². The Labute approximate surface area is 80.4 Å². The highest BCUT2D eigenvalue weighted by atomic mass is 35.5. The maximum absolute atomic E-state index is 9.45. The lowest BCUT2D eigenvalue weighted by Crippen LogP contribution is -2.00. The van der Waals surface area contributed by atoms with Gasteiger partial charge in [0, 0.05) is 9.93 Å². The highest BCUT2D eigenvalue weighted by Gasteiger charge is 2.05. The molecule has 0 fully saturated rings. The highest BCUT2D eigenvalue weighted by molar-refractivity contribution is 6.30. The quantitative estimate of drug-likeness (QED) is 0.452. The Morgan fingerprint density at radius 3 is 3.00 bits per heavy atom. The van der Waals surface area contributed by atoms with E-state index in [0.29, 0.717) is 10.6 Å². The number of benzene rings is 1. The normalized spacial score (nSPS) is 11.8. The van der Waals surface area contributed by atoms with Crippen molar-refractivity contribution in [2.75, 3.05) is 6.54 Å². The molecule has 4 nitrogen and oxygen atoms in total. The number of azide groups is 1. The zero-order valence-electron chi connectivity index (χ0n) is 6.76. The van der Waals surface area contributed by atoms with Crippen LogP contribution >= 0.6 is 11.6 Å². The highest BCUT2D eigenvalue weighted by Crippen LogP contribution is 2.17. The van der Waals surface area contributed by atoms with E-state index in [-0.39, 0.29) is 6.54 Å². The molecule has 0 saturated heterocycles. The largest absolute Gasteiger partial charge is 0.388 e. The molecule has 0 radical (unpaired) electrons. The van der Waals surface area contributed by atoms with Crippen LogP contribution in [0.1, 0.15) is 11.7 Å². The summed E-state index contributed by atoms with van der Waals surface area (Å²) in [6.07, 6.45) is -0.783. The molecule has 1 N–H and O–H groups in total. The first-order chi connectivity index (χ1) is 6.24.